The zero-order chi connectivity index (χ0) is 24.1. The van der Waals surface area contributed by atoms with Crippen LogP contribution in [0.5, 0.6) is 0 Å². The van der Waals surface area contributed by atoms with E-state index in [0.717, 1.165) is 0 Å². The second kappa shape index (κ2) is 8.47. The summed E-state index contributed by atoms with van der Waals surface area (Å²) in [5.74, 6) is -0.773. The molecule has 8 heteroatoms. The maximum Gasteiger partial charge on any atom is 0.232 e. The highest BCUT2D eigenvalue weighted by Crippen LogP contribution is 2.60. The standard InChI is InChI=1S/C24H27Cl2NO4S/c1-15(2)27(22(29)23(3,4)5)21-11-6-16(12-20(21)26)24(13-17(24)14-28)32(30,31)19-9-7-18(25)8-10-19/h6-12,14-15,17H,13H2,1-5H3. The molecule has 1 aliphatic carbocycles. The minimum atomic E-state index is -3.89. The quantitative estimate of drug-likeness (QED) is 0.484. The van der Waals surface area contributed by atoms with Crippen LogP contribution in [-0.4, -0.2) is 26.7 Å². The molecule has 0 N–H and O–H groups in total. The molecule has 0 heterocycles. The van der Waals surface area contributed by atoms with Crippen molar-refractivity contribution in [2.45, 2.75) is 56.7 Å². The molecule has 32 heavy (non-hydrogen) atoms. The summed E-state index contributed by atoms with van der Waals surface area (Å²) in [7, 11) is -3.89. The molecule has 1 aliphatic rings. The molecule has 1 saturated carbocycles. The highest BCUT2D eigenvalue weighted by molar-refractivity contribution is 7.92. The fourth-order valence-electron chi connectivity index (χ4n) is 3.99. The van der Waals surface area contributed by atoms with Crippen LogP contribution in [0.4, 0.5) is 5.69 Å². The van der Waals surface area contributed by atoms with Crippen molar-refractivity contribution in [2.24, 2.45) is 11.3 Å². The number of hydrogen-bond donors (Lipinski definition) is 0. The molecule has 3 rings (SSSR count). The first kappa shape index (κ1) is 24.7. The van der Waals surface area contributed by atoms with E-state index in [-0.39, 0.29) is 28.3 Å². The van der Waals surface area contributed by atoms with Crippen LogP contribution < -0.4 is 4.90 Å². The Hall–Kier alpha value is -1.89. The average molecular weight is 496 g/mol. The van der Waals surface area contributed by atoms with Crippen molar-refractivity contribution in [3.63, 3.8) is 0 Å². The van der Waals surface area contributed by atoms with Gasteiger partial charge in [0, 0.05) is 22.4 Å². The molecule has 0 spiro atoms. The summed E-state index contributed by atoms with van der Waals surface area (Å²) in [5, 5.41) is 0.682. The van der Waals surface area contributed by atoms with Crippen molar-refractivity contribution in [1.82, 2.24) is 0 Å². The maximum atomic E-state index is 13.6. The average Bonchev–Trinajstić information content (AvgIpc) is 3.45. The fourth-order valence-corrected chi connectivity index (χ4v) is 6.60. The van der Waals surface area contributed by atoms with Crippen LogP contribution in [0.2, 0.25) is 10.0 Å². The fraction of sp³-hybridized carbons (Fsp3) is 0.417. The van der Waals surface area contributed by atoms with Gasteiger partial charge in [-0.1, -0.05) is 50.0 Å². The third-order valence-electron chi connectivity index (χ3n) is 5.80. The molecular weight excluding hydrogens is 469 g/mol. The summed E-state index contributed by atoms with van der Waals surface area (Å²) in [6.45, 7) is 9.28. The van der Waals surface area contributed by atoms with Gasteiger partial charge < -0.3 is 9.69 Å². The van der Waals surface area contributed by atoms with Crippen LogP contribution in [0.25, 0.3) is 0 Å². The van der Waals surface area contributed by atoms with Gasteiger partial charge in [-0.2, -0.15) is 0 Å². The molecule has 2 aromatic carbocycles. The van der Waals surface area contributed by atoms with Crippen LogP contribution in [0.15, 0.2) is 47.4 Å². The molecule has 2 atom stereocenters. The van der Waals surface area contributed by atoms with E-state index in [0.29, 0.717) is 22.6 Å². The summed E-state index contributed by atoms with van der Waals surface area (Å²) in [6, 6.07) is 10.6. The summed E-state index contributed by atoms with van der Waals surface area (Å²) >= 11 is 12.5. The number of carbonyl (C=O) groups excluding carboxylic acids is 2. The number of carbonyl (C=O) groups is 2. The van der Waals surface area contributed by atoms with Gasteiger partial charge in [-0.3, -0.25) is 4.79 Å². The number of amides is 1. The Morgan fingerprint density at radius 1 is 1.12 bits per heavy atom. The third kappa shape index (κ3) is 4.09. The second-order valence-electron chi connectivity index (χ2n) is 9.48. The lowest BCUT2D eigenvalue weighted by atomic mass is 9.93. The van der Waals surface area contributed by atoms with Gasteiger partial charge >= 0.3 is 0 Å². The Morgan fingerprint density at radius 2 is 1.72 bits per heavy atom. The molecule has 2 unspecified atom stereocenters. The van der Waals surface area contributed by atoms with Crippen molar-refractivity contribution >= 4 is 50.9 Å². The molecule has 0 aromatic heterocycles. The Labute approximate surface area is 199 Å². The molecule has 0 saturated heterocycles. The number of hydrogen-bond acceptors (Lipinski definition) is 4. The van der Waals surface area contributed by atoms with Gasteiger partial charge in [0.05, 0.1) is 15.6 Å². The van der Waals surface area contributed by atoms with Crippen LogP contribution in [-0.2, 0) is 24.2 Å². The Bertz CT molecular complexity index is 1150. The highest BCUT2D eigenvalue weighted by atomic mass is 35.5. The van der Waals surface area contributed by atoms with Gasteiger partial charge in [0.1, 0.15) is 11.0 Å². The Balaban J connectivity index is 2.11. The van der Waals surface area contributed by atoms with Gasteiger partial charge in [-0.25, -0.2) is 8.42 Å². The van der Waals surface area contributed by atoms with Gasteiger partial charge in [-0.05, 0) is 62.2 Å². The van der Waals surface area contributed by atoms with E-state index in [1.165, 1.54) is 24.3 Å². The number of benzene rings is 2. The molecular formula is C24H27Cl2NO4S. The predicted octanol–water partition coefficient (Wildman–Crippen LogP) is 5.67. The van der Waals surface area contributed by atoms with Crippen molar-refractivity contribution < 1.29 is 18.0 Å². The van der Waals surface area contributed by atoms with E-state index in [1.54, 1.807) is 23.1 Å². The van der Waals surface area contributed by atoms with E-state index in [1.807, 2.05) is 34.6 Å². The highest BCUT2D eigenvalue weighted by Gasteiger charge is 2.65. The second-order valence-corrected chi connectivity index (χ2v) is 12.5. The minimum absolute atomic E-state index is 0.0946. The normalized spacial score (nSPS) is 20.8. The zero-order valence-corrected chi connectivity index (χ0v) is 21.1. The molecule has 5 nitrogen and oxygen atoms in total. The van der Waals surface area contributed by atoms with E-state index in [9.17, 15) is 18.0 Å². The topological polar surface area (TPSA) is 71.5 Å². The molecule has 2 aromatic rings. The summed E-state index contributed by atoms with van der Waals surface area (Å²) < 4.78 is 25.7. The largest absolute Gasteiger partial charge is 0.308 e. The number of rotatable bonds is 6. The van der Waals surface area contributed by atoms with Gasteiger partial charge in [-0.15, -0.1) is 0 Å². The summed E-state index contributed by atoms with van der Waals surface area (Å²) in [4.78, 5) is 26.4. The Kier molecular flexibility index (Phi) is 6.55. The van der Waals surface area contributed by atoms with Crippen LogP contribution in [0.1, 0.15) is 46.6 Å². The van der Waals surface area contributed by atoms with Crippen molar-refractivity contribution in [3.05, 3.63) is 58.1 Å². The van der Waals surface area contributed by atoms with Crippen molar-refractivity contribution in [3.8, 4) is 0 Å². The van der Waals surface area contributed by atoms with Crippen LogP contribution >= 0.6 is 23.2 Å². The number of nitrogens with zero attached hydrogens (tertiary/aromatic N) is 1. The first-order chi connectivity index (χ1) is 14.8. The monoisotopic (exact) mass is 495 g/mol. The molecule has 1 amide bonds. The number of halogens is 2. The number of anilines is 1. The van der Waals surface area contributed by atoms with Gasteiger partial charge in [0.15, 0.2) is 9.84 Å². The molecule has 0 radical (unpaired) electrons. The van der Waals surface area contributed by atoms with Gasteiger partial charge in [0.2, 0.25) is 5.91 Å². The first-order valence-corrected chi connectivity index (χ1v) is 12.6. The lowest BCUT2D eigenvalue weighted by Gasteiger charge is -2.33. The number of sulfone groups is 1. The molecule has 0 aliphatic heterocycles. The predicted molar refractivity (Wildman–Crippen MR) is 128 cm³/mol. The van der Waals surface area contributed by atoms with E-state index in [2.05, 4.69) is 0 Å². The summed E-state index contributed by atoms with van der Waals surface area (Å²) in [5.41, 5.74) is 0.322. The van der Waals surface area contributed by atoms with E-state index < -0.39 is 25.9 Å². The Morgan fingerprint density at radius 3 is 2.16 bits per heavy atom. The minimum Gasteiger partial charge on any atom is -0.308 e. The van der Waals surface area contributed by atoms with Crippen LogP contribution in [0.3, 0.4) is 0 Å². The van der Waals surface area contributed by atoms with Gasteiger partial charge in [0.25, 0.3) is 0 Å². The van der Waals surface area contributed by atoms with Crippen molar-refractivity contribution in [2.75, 3.05) is 4.90 Å². The van der Waals surface area contributed by atoms with Crippen molar-refractivity contribution in [1.29, 1.82) is 0 Å². The third-order valence-corrected chi connectivity index (χ3v) is 8.91. The maximum absolute atomic E-state index is 13.6. The lowest BCUT2D eigenvalue weighted by molar-refractivity contribution is -0.126. The molecule has 0 bridgehead atoms. The molecule has 1 fully saturated rings. The van der Waals surface area contributed by atoms with Crippen LogP contribution in [0, 0.1) is 11.3 Å². The number of aldehydes is 1. The SMILES string of the molecule is CC(C)N(C(=O)C(C)(C)C)c1ccc(C2(S(=O)(=O)c3ccc(Cl)cc3)CC2C=O)cc1Cl. The first-order valence-electron chi connectivity index (χ1n) is 10.4. The van der Waals surface area contributed by atoms with E-state index in [4.69, 9.17) is 23.2 Å². The summed E-state index contributed by atoms with van der Waals surface area (Å²) in [6.07, 6.45) is 0.852. The van der Waals surface area contributed by atoms with E-state index >= 15 is 0 Å². The zero-order valence-electron chi connectivity index (χ0n) is 18.7. The molecule has 172 valence electrons. The smallest absolute Gasteiger partial charge is 0.232 e. The lowest BCUT2D eigenvalue weighted by Crippen LogP contribution is -2.44.